The van der Waals surface area contributed by atoms with E-state index in [9.17, 15) is 0 Å². The topological polar surface area (TPSA) is 35.6 Å². The molecule has 4 nitrogen and oxygen atoms in total. The molecule has 0 saturated carbocycles. The van der Waals surface area contributed by atoms with Gasteiger partial charge in [-0.15, -0.1) is 0 Å². The summed E-state index contributed by atoms with van der Waals surface area (Å²) >= 11 is 0. The Balaban J connectivity index is 1.12. The molecule has 0 radical (unpaired) electrons. The van der Waals surface area contributed by atoms with Gasteiger partial charge in [-0.2, -0.15) is 0 Å². The van der Waals surface area contributed by atoms with Gasteiger partial charge in [-0.05, 0) is 70.1 Å². The molecule has 0 amide bonds. The van der Waals surface area contributed by atoms with E-state index in [1.165, 1.54) is 0 Å². The second kappa shape index (κ2) is 9.78. The van der Waals surface area contributed by atoms with E-state index in [1.54, 1.807) is 6.07 Å². The third-order valence-corrected chi connectivity index (χ3v) is 8.43. The number of benzene rings is 6. The summed E-state index contributed by atoms with van der Waals surface area (Å²) in [6.45, 7) is 0. The number of fused-ring (bicyclic) bond motifs is 3. The molecule has 43 heavy (non-hydrogen) atoms. The molecule has 0 unspecified atom stereocenters. The van der Waals surface area contributed by atoms with E-state index >= 15 is 4.39 Å². The van der Waals surface area contributed by atoms with Crippen LogP contribution >= 0.6 is 0 Å². The van der Waals surface area contributed by atoms with E-state index in [0.717, 1.165) is 72.5 Å². The smallest absolute Gasteiger partial charge is 0.140 e. The van der Waals surface area contributed by atoms with Crippen LogP contribution in [0.15, 0.2) is 127 Å². The molecule has 8 rings (SSSR count). The van der Waals surface area contributed by atoms with Gasteiger partial charge < -0.3 is 9.13 Å². The highest BCUT2D eigenvalue weighted by Crippen LogP contribution is 2.33. The predicted molar refractivity (Wildman–Crippen MR) is 174 cm³/mol. The van der Waals surface area contributed by atoms with Crippen molar-refractivity contribution in [3.63, 3.8) is 0 Å². The first-order valence-corrected chi connectivity index (χ1v) is 14.3. The summed E-state index contributed by atoms with van der Waals surface area (Å²) < 4.78 is 19.5. The summed E-state index contributed by atoms with van der Waals surface area (Å²) in [6, 6.07) is 42.5. The van der Waals surface area contributed by atoms with Gasteiger partial charge in [-0.3, -0.25) is 0 Å². The number of aromatic nitrogens is 4. The van der Waals surface area contributed by atoms with Gasteiger partial charge in [-0.1, -0.05) is 84.9 Å². The third kappa shape index (κ3) is 4.20. The Morgan fingerprint density at radius 2 is 0.907 bits per heavy atom. The highest BCUT2D eigenvalue weighted by Gasteiger charge is 2.13. The molecule has 0 spiro atoms. The molecule has 0 aliphatic rings. The number of rotatable bonds is 4. The lowest BCUT2D eigenvalue weighted by molar-refractivity contribution is 0.640. The predicted octanol–water partition coefficient (Wildman–Crippen LogP) is 9.42. The molecular weight excluding hydrogens is 531 g/mol. The standard InChI is InChI=1S/C38H27FN4/c1-42-35-9-5-3-7-33(35)40-37(42)26-15-11-24(12-16-26)28-19-20-31-30(21-28)22-29(23-32(31)39)25-13-17-27(18-14-25)38-41-34-8-4-6-10-36(34)43(38)2/h3-23H,1-2H3. The minimum atomic E-state index is -0.226. The molecule has 0 aliphatic heterocycles. The van der Waals surface area contributed by atoms with Crippen molar-refractivity contribution in [1.82, 2.24) is 19.1 Å². The minimum absolute atomic E-state index is 0.226. The summed E-state index contributed by atoms with van der Waals surface area (Å²) in [7, 11) is 4.07. The van der Waals surface area contributed by atoms with Gasteiger partial charge in [0, 0.05) is 30.6 Å². The van der Waals surface area contributed by atoms with Gasteiger partial charge in [0.2, 0.25) is 0 Å². The van der Waals surface area contributed by atoms with Gasteiger partial charge >= 0.3 is 0 Å². The van der Waals surface area contributed by atoms with Crippen molar-refractivity contribution in [1.29, 1.82) is 0 Å². The largest absolute Gasteiger partial charge is 0.327 e. The maximum Gasteiger partial charge on any atom is 0.140 e. The first kappa shape index (κ1) is 25.2. The number of hydrogen-bond donors (Lipinski definition) is 0. The molecule has 206 valence electrons. The van der Waals surface area contributed by atoms with E-state index in [1.807, 2.05) is 74.8 Å². The average molecular weight is 559 g/mol. The molecule has 5 heteroatoms. The highest BCUT2D eigenvalue weighted by atomic mass is 19.1. The molecule has 8 aromatic rings. The lowest BCUT2D eigenvalue weighted by Gasteiger charge is -2.10. The average Bonchev–Trinajstić information content (AvgIpc) is 3.57. The molecule has 6 aromatic carbocycles. The molecule has 2 aromatic heterocycles. The van der Waals surface area contributed by atoms with Crippen molar-refractivity contribution in [3.05, 3.63) is 133 Å². The van der Waals surface area contributed by atoms with Crippen LogP contribution in [0.3, 0.4) is 0 Å². The van der Waals surface area contributed by atoms with E-state index in [0.29, 0.717) is 5.39 Å². The van der Waals surface area contributed by atoms with Gasteiger partial charge in [0.1, 0.15) is 17.5 Å². The molecule has 0 fully saturated rings. The summed E-state index contributed by atoms with van der Waals surface area (Å²) in [4.78, 5) is 9.64. The summed E-state index contributed by atoms with van der Waals surface area (Å²) in [5.74, 6) is 1.61. The van der Waals surface area contributed by atoms with Crippen molar-refractivity contribution in [3.8, 4) is 45.0 Å². The van der Waals surface area contributed by atoms with Crippen molar-refractivity contribution in [2.24, 2.45) is 14.1 Å². The first-order chi connectivity index (χ1) is 21.0. The molecule has 0 saturated heterocycles. The summed E-state index contributed by atoms with van der Waals surface area (Å²) in [5.41, 5.74) is 10.1. The SMILES string of the molecule is Cn1c(-c2ccc(-c3ccc4c(F)cc(-c5ccc(-c6nc7ccccc7n6C)cc5)cc4c3)cc2)nc2ccccc21. The van der Waals surface area contributed by atoms with Crippen LogP contribution in [-0.2, 0) is 14.1 Å². The Hall–Kier alpha value is -5.55. The van der Waals surface area contributed by atoms with Crippen LogP contribution in [0.2, 0.25) is 0 Å². The van der Waals surface area contributed by atoms with Crippen molar-refractivity contribution < 1.29 is 4.39 Å². The molecule has 0 atom stereocenters. The van der Waals surface area contributed by atoms with Crippen LogP contribution in [0, 0.1) is 5.82 Å². The second-order valence-electron chi connectivity index (χ2n) is 11.0. The molecule has 0 aliphatic carbocycles. The Kier molecular flexibility index (Phi) is 5.73. The maximum absolute atomic E-state index is 15.3. The van der Waals surface area contributed by atoms with Crippen LogP contribution < -0.4 is 0 Å². The van der Waals surface area contributed by atoms with E-state index < -0.39 is 0 Å². The number of aryl methyl sites for hydroxylation is 2. The fourth-order valence-corrected chi connectivity index (χ4v) is 6.10. The van der Waals surface area contributed by atoms with Crippen molar-refractivity contribution in [2.75, 3.05) is 0 Å². The van der Waals surface area contributed by atoms with Gasteiger partial charge in [-0.25, -0.2) is 14.4 Å². The van der Waals surface area contributed by atoms with E-state index in [2.05, 4.69) is 69.8 Å². The number of halogens is 1. The molecule has 2 heterocycles. The van der Waals surface area contributed by atoms with Crippen LogP contribution in [0.5, 0.6) is 0 Å². The number of hydrogen-bond acceptors (Lipinski definition) is 2. The Morgan fingerprint density at radius 1 is 0.465 bits per heavy atom. The molecule has 0 bridgehead atoms. The monoisotopic (exact) mass is 558 g/mol. The normalized spacial score (nSPS) is 11.6. The molecular formula is C38H27FN4. The van der Waals surface area contributed by atoms with E-state index in [-0.39, 0.29) is 5.82 Å². The summed E-state index contributed by atoms with van der Waals surface area (Å²) in [5, 5.41) is 1.48. The third-order valence-electron chi connectivity index (χ3n) is 8.43. The first-order valence-electron chi connectivity index (χ1n) is 14.3. The van der Waals surface area contributed by atoms with Crippen LogP contribution in [0.1, 0.15) is 0 Å². The minimum Gasteiger partial charge on any atom is -0.327 e. The maximum atomic E-state index is 15.3. The zero-order chi connectivity index (χ0) is 29.1. The van der Waals surface area contributed by atoms with E-state index in [4.69, 9.17) is 9.97 Å². The Bertz CT molecular complexity index is 2300. The van der Waals surface area contributed by atoms with Crippen LogP contribution in [0.25, 0.3) is 77.9 Å². The number of nitrogens with zero attached hydrogens (tertiary/aromatic N) is 4. The highest BCUT2D eigenvalue weighted by molar-refractivity contribution is 5.92. The quantitative estimate of drug-likeness (QED) is 0.216. The number of imidazole rings is 2. The fourth-order valence-electron chi connectivity index (χ4n) is 6.10. The van der Waals surface area contributed by atoms with Gasteiger partial charge in [0.05, 0.1) is 22.1 Å². The lowest BCUT2D eigenvalue weighted by Crippen LogP contribution is -1.92. The van der Waals surface area contributed by atoms with Crippen molar-refractivity contribution >= 4 is 32.8 Å². The van der Waals surface area contributed by atoms with Crippen LogP contribution in [-0.4, -0.2) is 19.1 Å². The Labute approximate surface area is 248 Å². The summed E-state index contributed by atoms with van der Waals surface area (Å²) in [6.07, 6.45) is 0. The van der Waals surface area contributed by atoms with Crippen LogP contribution in [0.4, 0.5) is 4.39 Å². The zero-order valence-corrected chi connectivity index (χ0v) is 23.8. The Morgan fingerprint density at radius 3 is 1.44 bits per heavy atom. The fraction of sp³-hybridized carbons (Fsp3) is 0.0526. The number of para-hydroxylation sites is 4. The lowest BCUT2D eigenvalue weighted by atomic mass is 9.96. The van der Waals surface area contributed by atoms with Gasteiger partial charge in [0.25, 0.3) is 0 Å². The molecule has 0 N–H and O–H groups in total. The zero-order valence-electron chi connectivity index (χ0n) is 23.8. The second-order valence-corrected chi connectivity index (χ2v) is 11.0. The van der Waals surface area contributed by atoms with Gasteiger partial charge in [0.15, 0.2) is 0 Å². The van der Waals surface area contributed by atoms with Crippen molar-refractivity contribution in [2.45, 2.75) is 0 Å².